The molecule has 1 heterocycles. The van der Waals surface area contributed by atoms with E-state index in [-0.39, 0.29) is 11.6 Å². The van der Waals surface area contributed by atoms with Gasteiger partial charge >= 0.3 is 6.03 Å². The van der Waals surface area contributed by atoms with Crippen molar-refractivity contribution in [2.45, 2.75) is 52.0 Å². The number of nitrogens with zero attached hydrogens (tertiary/aromatic N) is 2. The molecule has 2 N–H and O–H groups in total. The van der Waals surface area contributed by atoms with Gasteiger partial charge in [-0.3, -0.25) is 0 Å². The quantitative estimate of drug-likeness (QED) is 0.801. The Labute approximate surface area is 103 Å². The van der Waals surface area contributed by atoms with E-state index in [4.69, 9.17) is 5.73 Å². The Bertz CT molecular complexity index is 353. The van der Waals surface area contributed by atoms with Crippen molar-refractivity contribution in [3.63, 3.8) is 0 Å². The van der Waals surface area contributed by atoms with Crippen LogP contribution in [0.4, 0.5) is 4.79 Å². The Morgan fingerprint density at radius 3 is 2.76 bits per heavy atom. The third kappa shape index (κ3) is 1.83. The standard InChI is InChI=1S/C13H23N3O/c1-4-7-16-12(17)15-11(14)13(16)6-5-9(2)10(3)8-13/h9-10H,4-8H2,1-3H3,(H2,14,15,17). The Balaban J connectivity index is 2.27. The Hall–Kier alpha value is -1.06. The van der Waals surface area contributed by atoms with Crippen LogP contribution in [0.5, 0.6) is 0 Å². The van der Waals surface area contributed by atoms with E-state index >= 15 is 0 Å². The maximum Gasteiger partial charge on any atom is 0.346 e. The molecule has 1 aliphatic heterocycles. The fourth-order valence-corrected chi connectivity index (χ4v) is 3.19. The Morgan fingerprint density at radius 1 is 1.47 bits per heavy atom. The maximum atomic E-state index is 11.9. The van der Waals surface area contributed by atoms with E-state index in [1.54, 1.807) is 0 Å². The number of amides is 2. The third-order valence-electron chi connectivity index (χ3n) is 4.53. The van der Waals surface area contributed by atoms with Gasteiger partial charge in [0.05, 0.1) is 0 Å². The molecule has 3 atom stereocenters. The molecule has 1 spiro atoms. The summed E-state index contributed by atoms with van der Waals surface area (Å²) in [6.45, 7) is 7.39. The first kappa shape index (κ1) is 12.4. The lowest BCUT2D eigenvalue weighted by molar-refractivity contribution is 0.101. The van der Waals surface area contributed by atoms with Gasteiger partial charge in [-0.2, -0.15) is 4.99 Å². The summed E-state index contributed by atoms with van der Waals surface area (Å²) in [5.74, 6) is 1.87. The lowest BCUT2D eigenvalue weighted by Gasteiger charge is -2.45. The first-order valence-corrected chi connectivity index (χ1v) is 6.67. The van der Waals surface area contributed by atoms with Gasteiger partial charge in [-0.05, 0) is 37.5 Å². The number of carbonyl (C=O) groups is 1. The number of hydrogen-bond donors (Lipinski definition) is 1. The van der Waals surface area contributed by atoms with Crippen LogP contribution in [0.1, 0.15) is 46.5 Å². The summed E-state index contributed by atoms with van der Waals surface area (Å²) in [5.41, 5.74) is 5.79. The summed E-state index contributed by atoms with van der Waals surface area (Å²) in [7, 11) is 0. The number of nitrogens with two attached hydrogens (primary N) is 1. The van der Waals surface area contributed by atoms with Crippen molar-refractivity contribution in [1.82, 2.24) is 4.90 Å². The number of hydrogen-bond acceptors (Lipinski definition) is 2. The van der Waals surface area contributed by atoms with Crippen molar-refractivity contribution in [2.75, 3.05) is 6.54 Å². The van der Waals surface area contributed by atoms with Gasteiger partial charge in [0.15, 0.2) is 0 Å². The van der Waals surface area contributed by atoms with Crippen molar-refractivity contribution < 1.29 is 4.79 Å². The molecule has 0 aromatic rings. The van der Waals surface area contributed by atoms with Gasteiger partial charge in [-0.15, -0.1) is 0 Å². The van der Waals surface area contributed by atoms with Gasteiger partial charge in [0, 0.05) is 6.54 Å². The van der Waals surface area contributed by atoms with Crippen LogP contribution in [0.25, 0.3) is 0 Å². The summed E-state index contributed by atoms with van der Waals surface area (Å²) in [5, 5.41) is 0. The molecule has 1 aliphatic carbocycles. The van der Waals surface area contributed by atoms with Gasteiger partial charge in [0.25, 0.3) is 0 Å². The zero-order valence-corrected chi connectivity index (χ0v) is 11.1. The molecule has 2 rings (SSSR count). The molecule has 4 nitrogen and oxygen atoms in total. The fourth-order valence-electron chi connectivity index (χ4n) is 3.19. The monoisotopic (exact) mass is 237 g/mol. The average Bonchev–Trinajstić information content (AvgIpc) is 2.49. The summed E-state index contributed by atoms with van der Waals surface area (Å²) in [4.78, 5) is 17.8. The molecule has 96 valence electrons. The predicted molar refractivity (Wildman–Crippen MR) is 68.9 cm³/mol. The Kier molecular flexibility index (Phi) is 3.15. The normalized spacial score (nSPS) is 37.7. The Morgan fingerprint density at radius 2 is 2.18 bits per heavy atom. The van der Waals surface area contributed by atoms with Crippen LogP contribution in [0.15, 0.2) is 4.99 Å². The molecule has 0 radical (unpaired) electrons. The molecule has 4 heteroatoms. The summed E-state index contributed by atoms with van der Waals surface area (Å²) >= 11 is 0. The number of aliphatic imine (C=N–C) groups is 1. The van der Waals surface area contributed by atoms with Crippen LogP contribution < -0.4 is 5.73 Å². The second kappa shape index (κ2) is 4.31. The van der Waals surface area contributed by atoms with Crippen LogP contribution in [0.2, 0.25) is 0 Å². The van der Waals surface area contributed by atoms with Crippen molar-refractivity contribution in [3.8, 4) is 0 Å². The summed E-state index contributed by atoms with van der Waals surface area (Å²) < 4.78 is 0. The van der Waals surface area contributed by atoms with Gasteiger partial charge in [0.2, 0.25) is 0 Å². The second-order valence-electron chi connectivity index (χ2n) is 5.66. The zero-order valence-electron chi connectivity index (χ0n) is 11.1. The topological polar surface area (TPSA) is 58.7 Å². The number of amidine groups is 1. The highest BCUT2D eigenvalue weighted by molar-refractivity contribution is 6.05. The minimum atomic E-state index is -0.265. The van der Waals surface area contributed by atoms with Gasteiger partial charge in [-0.1, -0.05) is 20.8 Å². The van der Waals surface area contributed by atoms with E-state index in [0.29, 0.717) is 17.7 Å². The lowest BCUT2D eigenvalue weighted by atomic mass is 9.70. The van der Waals surface area contributed by atoms with Crippen LogP contribution in [-0.4, -0.2) is 28.9 Å². The fraction of sp³-hybridized carbons (Fsp3) is 0.846. The average molecular weight is 237 g/mol. The molecule has 0 aromatic heterocycles. The highest BCUT2D eigenvalue weighted by Gasteiger charge is 2.50. The van der Waals surface area contributed by atoms with Crippen LogP contribution in [-0.2, 0) is 0 Å². The summed E-state index contributed by atoms with van der Waals surface area (Å²) in [6, 6.07) is -0.133. The molecule has 3 unspecified atom stereocenters. The summed E-state index contributed by atoms with van der Waals surface area (Å²) in [6.07, 6.45) is 4.03. The second-order valence-corrected chi connectivity index (χ2v) is 5.66. The number of rotatable bonds is 2. The minimum Gasteiger partial charge on any atom is -0.385 e. The first-order chi connectivity index (χ1) is 8.01. The van der Waals surface area contributed by atoms with Gasteiger partial charge < -0.3 is 10.6 Å². The van der Waals surface area contributed by atoms with Gasteiger partial charge in [0.1, 0.15) is 11.4 Å². The predicted octanol–water partition coefficient (Wildman–Crippen LogP) is 2.38. The molecule has 1 saturated carbocycles. The van der Waals surface area contributed by atoms with Crippen molar-refractivity contribution in [2.24, 2.45) is 22.6 Å². The number of carbonyl (C=O) groups excluding carboxylic acids is 1. The highest BCUT2D eigenvalue weighted by atomic mass is 16.2. The van der Waals surface area contributed by atoms with Gasteiger partial charge in [-0.25, -0.2) is 4.79 Å². The molecular weight excluding hydrogens is 214 g/mol. The minimum absolute atomic E-state index is 0.133. The largest absolute Gasteiger partial charge is 0.385 e. The van der Waals surface area contributed by atoms with Crippen molar-refractivity contribution in [1.29, 1.82) is 0 Å². The van der Waals surface area contributed by atoms with Crippen LogP contribution in [0, 0.1) is 11.8 Å². The molecule has 0 aromatic carbocycles. The third-order valence-corrected chi connectivity index (χ3v) is 4.53. The molecule has 2 aliphatic rings. The molecule has 17 heavy (non-hydrogen) atoms. The first-order valence-electron chi connectivity index (χ1n) is 6.67. The zero-order chi connectivity index (χ0) is 12.6. The lowest BCUT2D eigenvalue weighted by Crippen LogP contribution is -2.57. The number of urea groups is 1. The van der Waals surface area contributed by atoms with E-state index in [2.05, 4.69) is 25.8 Å². The van der Waals surface area contributed by atoms with Crippen LogP contribution in [0.3, 0.4) is 0 Å². The molecule has 2 amide bonds. The molecule has 0 bridgehead atoms. The van der Waals surface area contributed by atoms with E-state index in [9.17, 15) is 4.79 Å². The van der Waals surface area contributed by atoms with Crippen molar-refractivity contribution >= 4 is 11.9 Å². The molecule has 0 saturated heterocycles. The van der Waals surface area contributed by atoms with E-state index < -0.39 is 0 Å². The molecule has 1 fully saturated rings. The smallest absolute Gasteiger partial charge is 0.346 e. The van der Waals surface area contributed by atoms with E-state index in [1.807, 2.05) is 4.90 Å². The van der Waals surface area contributed by atoms with Crippen LogP contribution >= 0.6 is 0 Å². The SMILES string of the molecule is CCCN1C(=O)N=C(N)C12CCC(C)C(C)C2. The molecular formula is C13H23N3O. The van der Waals surface area contributed by atoms with E-state index in [0.717, 1.165) is 32.2 Å². The maximum absolute atomic E-state index is 11.9. The van der Waals surface area contributed by atoms with E-state index in [1.165, 1.54) is 0 Å². The highest BCUT2D eigenvalue weighted by Crippen LogP contribution is 2.42. The van der Waals surface area contributed by atoms with Crippen molar-refractivity contribution in [3.05, 3.63) is 0 Å².